The van der Waals surface area contributed by atoms with E-state index in [1.54, 1.807) is 0 Å². The predicted octanol–water partition coefficient (Wildman–Crippen LogP) is 1.32. The summed E-state index contributed by atoms with van der Waals surface area (Å²) < 4.78 is 0. The van der Waals surface area contributed by atoms with Crippen LogP contribution in [0.2, 0.25) is 0 Å². The quantitative estimate of drug-likeness (QED) is 0.552. The molecule has 0 spiro atoms. The van der Waals surface area contributed by atoms with Gasteiger partial charge < -0.3 is 5.11 Å². The average molecular weight is 158 g/mol. The maximum absolute atomic E-state index is 9.39. The van der Waals surface area contributed by atoms with Crippen LogP contribution in [0.25, 0.3) is 0 Å². The fourth-order valence-electron chi connectivity index (χ4n) is 2.62. The molecule has 2 rings (SSSR count). The lowest BCUT2D eigenvalue weighted by Crippen LogP contribution is -2.63. The van der Waals surface area contributed by atoms with E-state index in [9.17, 15) is 5.11 Å². The standard InChI is InChI=1S/C8H14OS/c1-8-3-5(4-10)6(8)2-7(8)9/h5-7,9-10H,2-4H2,1H3. The van der Waals surface area contributed by atoms with Gasteiger partial charge in [-0.05, 0) is 35.8 Å². The summed E-state index contributed by atoms with van der Waals surface area (Å²) >= 11 is 4.27. The molecule has 0 aromatic rings. The molecule has 0 aliphatic heterocycles. The predicted molar refractivity (Wildman–Crippen MR) is 44.2 cm³/mol. The van der Waals surface area contributed by atoms with Crippen molar-refractivity contribution in [2.45, 2.75) is 25.9 Å². The molecule has 1 N–H and O–H groups in total. The Morgan fingerprint density at radius 3 is 2.70 bits per heavy atom. The van der Waals surface area contributed by atoms with E-state index in [0.717, 1.165) is 24.0 Å². The molecule has 0 saturated heterocycles. The van der Waals surface area contributed by atoms with Crippen LogP contribution < -0.4 is 0 Å². The molecule has 2 fully saturated rings. The molecule has 0 amide bonds. The molecule has 0 bridgehead atoms. The maximum Gasteiger partial charge on any atom is 0.0599 e. The molecular formula is C8H14OS. The first-order valence-electron chi connectivity index (χ1n) is 3.97. The number of aliphatic hydroxyl groups excluding tert-OH is 1. The fraction of sp³-hybridized carbons (Fsp3) is 1.00. The molecule has 4 atom stereocenters. The molecule has 4 unspecified atom stereocenters. The third-order valence-electron chi connectivity index (χ3n) is 3.59. The molecule has 2 heteroatoms. The summed E-state index contributed by atoms with van der Waals surface area (Å²) in [4.78, 5) is 0. The van der Waals surface area contributed by atoms with Crippen molar-refractivity contribution in [3.8, 4) is 0 Å². The lowest BCUT2D eigenvalue weighted by Gasteiger charge is -2.64. The van der Waals surface area contributed by atoms with Gasteiger partial charge in [-0.3, -0.25) is 0 Å². The van der Waals surface area contributed by atoms with Crippen LogP contribution in [0.5, 0.6) is 0 Å². The van der Waals surface area contributed by atoms with Crippen LogP contribution in [-0.4, -0.2) is 17.0 Å². The van der Waals surface area contributed by atoms with Crippen LogP contribution in [0.4, 0.5) is 0 Å². The largest absolute Gasteiger partial charge is 0.393 e. The van der Waals surface area contributed by atoms with Gasteiger partial charge >= 0.3 is 0 Å². The molecule has 2 aliphatic rings. The van der Waals surface area contributed by atoms with E-state index >= 15 is 0 Å². The van der Waals surface area contributed by atoms with E-state index in [-0.39, 0.29) is 6.10 Å². The van der Waals surface area contributed by atoms with Crippen molar-refractivity contribution >= 4 is 12.6 Å². The van der Waals surface area contributed by atoms with Crippen LogP contribution in [-0.2, 0) is 0 Å². The van der Waals surface area contributed by atoms with E-state index in [4.69, 9.17) is 0 Å². The van der Waals surface area contributed by atoms with Gasteiger partial charge in [0, 0.05) is 0 Å². The monoisotopic (exact) mass is 158 g/mol. The summed E-state index contributed by atoms with van der Waals surface area (Å²) in [5.41, 5.74) is 0.299. The summed E-state index contributed by atoms with van der Waals surface area (Å²) in [5.74, 6) is 2.60. The molecule has 0 radical (unpaired) electrons. The number of rotatable bonds is 1. The molecule has 2 aliphatic carbocycles. The number of hydrogen-bond donors (Lipinski definition) is 2. The second-order valence-electron chi connectivity index (χ2n) is 4.01. The minimum atomic E-state index is -0.00590. The number of aliphatic hydroxyl groups is 1. The van der Waals surface area contributed by atoms with Crippen molar-refractivity contribution in [3.05, 3.63) is 0 Å². The van der Waals surface area contributed by atoms with Crippen molar-refractivity contribution < 1.29 is 5.11 Å². The number of thiol groups is 1. The lowest BCUT2D eigenvalue weighted by atomic mass is 9.42. The minimum Gasteiger partial charge on any atom is -0.393 e. The van der Waals surface area contributed by atoms with Crippen molar-refractivity contribution in [2.24, 2.45) is 17.3 Å². The highest BCUT2D eigenvalue weighted by molar-refractivity contribution is 7.80. The zero-order valence-electron chi connectivity index (χ0n) is 6.25. The highest BCUT2D eigenvalue weighted by atomic mass is 32.1. The number of fused-ring (bicyclic) bond motifs is 1. The van der Waals surface area contributed by atoms with Crippen LogP contribution in [0, 0.1) is 17.3 Å². The van der Waals surface area contributed by atoms with E-state index in [0.29, 0.717) is 5.41 Å². The Bertz CT molecular complexity index is 159. The zero-order chi connectivity index (χ0) is 7.35. The Hall–Kier alpha value is 0.310. The Morgan fingerprint density at radius 2 is 2.40 bits per heavy atom. The molecule has 10 heavy (non-hydrogen) atoms. The highest BCUT2D eigenvalue weighted by Gasteiger charge is 2.61. The highest BCUT2D eigenvalue weighted by Crippen LogP contribution is 2.63. The summed E-state index contributed by atoms with van der Waals surface area (Å²) in [6.07, 6.45) is 2.22. The molecule has 1 nitrogen and oxygen atoms in total. The zero-order valence-corrected chi connectivity index (χ0v) is 7.14. The summed E-state index contributed by atoms with van der Waals surface area (Å²) in [5, 5.41) is 9.39. The van der Waals surface area contributed by atoms with Gasteiger partial charge in [0.2, 0.25) is 0 Å². The van der Waals surface area contributed by atoms with Crippen LogP contribution in [0.1, 0.15) is 19.8 Å². The molecule has 58 valence electrons. The smallest absolute Gasteiger partial charge is 0.0599 e. The van der Waals surface area contributed by atoms with Crippen molar-refractivity contribution in [1.82, 2.24) is 0 Å². The van der Waals surface area contributed by atoms with Crippen LogP contribution in [0.15, 0.2) is 0 Å². The summed E-state index contributed by atoms with van der Waals surface area (Å²) in [6, 6.07) is 0. The second kappa shape index (κ2) is 1.92. The van der Waals surface area contributed by atoms with Gasteiger partial charge in [0.05, 0.1) is 6.10 Å². The first-order valence-corrected chi connectivity index (χ1v) is 4.60. The van der Waals surface area contributed by atoms with Crippen LogP contribution >= 0.6 is 12.6 Å². The first kappa shape index (κ1) is 6.99. The Labute approximate surface area is 67.2 Å². The Kier molecular flexibility index (Phi) is 1.34. The van der Waals surface area contributed by atoms with Gasteiger partial charge in [-0.2, -0.15) is 12.6 Å². The topological polar surface area (TPSA) is 20.2 Å². The third-order valence-corrected chi connectivity index (χ3v) is 4.06. The van der Waals surface area contributed by atoms with E-state index in [1.807, 2.05) is 0 Å². The molecule has 0 aromatic carbocycles. The molecule has 0 aromatic heterocycles. The summed E-state index contributed by atoms with van der Waals surface area (Å²) in [7, 11) is 0. The molecule has 2 saturated carbocycles. The van der Waals surface area contributed by atoms with Crippen molar-refractivity contribution in [2.75, 3.05) is 5.75 Å². The van der Waals surface area contributed by atoms with Crippen LogP contribution in [0.3, 0.4) is 0 Å². The normalized spacial score (nSPS) is 58.5. The van der Waals surface area contributed by atoms with Gasteiger partial charge in [0.25, 0.3) is 0 Å². The van der Waals surface area contributed by atoms with Gasteiger partial charge in [-0.15, -0.1) is 0 Å². The molecule has 0 heterocycles. The van der Waals surface area contributed by atoms with E-state index in [1.165, 1.54) is 6.42 Å². The third kappa shape index (κ3) is 0.595. The van der Waals surface area contributed by atoms with Gasteiger partial charge in [-0.25, -0.2) is 0 Å². The average Bonchev–Trinajstić information content (AvgIpc) is 1.95. The SMILES string of the molecule is CC12CC(CS)C1CC2O. The van der Waals surface area contributed by atoms with Crippen molar-refractivity contribution in [3.63, 3.8) is 0 Å². The van der Waals surface area contributed by atoms with E-state index in [2.05, 4.69) is 19.6 Å². The maximum atomic E-state index is 9.39. The minimum absolute atomic E-state index is 0.00590. The first-order chi connectivity index (χ1) is 4.68. The van der Waals surface area contributed by atoms with E-state index < -0.39 is 0 Å². The Morgan fingerprint density at radius 1 is 1.70 bits per heavy atom. The summed E-state index contributed by atoms with van der Waals surface area (Å²) in [6.45, 7) is 2.20. The van der Waals surface area contributed by atoms with Gasteiger partial charge in [-0.1, -0.05) is 6.92 Å². The van der Waals surface area contributed by atoms with Crippen molar-refractivity contribution in [1.29, 1.82) is 0 Å². The van der Waals surface area contributed by atoms with Gasteiger partial charge in [0.15, 0.2) is 0 Å². The lowest BCUT2D eigenvalue weighted by molar-refractivity contribution is -0.208. The Balaban J connectivity index is 2.00. The second-order valence-corrected chi connectivity index (χ2v) is 4.38. The number of hydrogen-bond acceptors (Lipinski definition) is 2. The van der Waals surface area contributed by atoms with Gasteiger partial charge in [0.1, 0.15) is 0 Å². The fourth-order valence-corrected chi connectivity index (χ4v) is 3.01. The molecular weight excluding hydrogens is 144 g/mol.